The normalized spacial score (nSPS) is 11.0. The van der Waals surface area contributed by atoms with Gasteiger partial charge in [0.15, 0.2) is 0 Å². The lowest BCUT2D eigenvalue weighted by molar-refractivity contribution is -0.131. The fraction of sp³-hybridized carbons (Fsp3) is 0.0526. The van der Waals surface area contributed by atoms with E-state index in [0.29, 0.717) is 5.75 Å². The zero-order chi connectivity index (χ0) is 15.4. The molecule has 0 radical (unpaired) electrons. The average Bonchev–Trinajstić information content (AvgIpc) is 2.53. The Morgan fingerprint density at radius 3 is 2.50 bits per heavy atom. The van der Waals surface area contributed by atoms with Crippen LogP contribution in [-0.4, -0.2) is 11.0 Å². The first kappa shape index (κ1) is 14.0. The summed E-state index contributed by atoms with van der Waals surface area (Å²) in [7, 11) is 0. The molecule has 3 aromatic rings. The zero-order valence-electron chi connectivity index (χ0n) is 12.2. The summed E-state index contributed by atoms with van der Waals surface area (Å²) in [4.78, 5) is 15.9. The molecular weight excluding hydrogens is 274 g/mol. The van der Waals surface area contributed by atoms with Gasteiger partial charge in [-0.05, 0) is 23.8 Å². The van der Waals surface area contributed by atoms with Crippen LogP contribution < -0.4 is 4.74 Å². The Bertz CT molecular complexity index is 838. The number of hydrogen-bond donors (Lipinski definition) is 0. The topological polar surface area (TPSA) is 39.2 Å². The van der Waals surface area contributed by atoms with Gasteiger partial charge in [0.2, 0.25) is 0 Å². The van der Waals surface area contributed by atoms with Gasteiger partial charge in [-0.3, -0.25) is 4.79 Å². The molecule has 0 unspecified atom stereocenters. The number of carbonyl (C=O) groups is 1. The monoisotopic (exact) mass is 289 g/mol. The molecule has 0 aliphatic rings. The van der Waals surface area contributed by atoms with Crippen molar-refractivity contribution in [3.05, 3.63) is 71.9 Å². The van der Waals surface area contributed by atoms with E-state index in [9.17, 15) is 4.79 Å². The minimum absolute atomic E-state index is 0.339. The van der Waals surface area contributed by atoms with Crippen LogP contribution in [0.25, 0.3) is 23.1 Å². The molecule has 22 heavy (non-hydrogen) atoms. The Kier molecular flexibility index (Phi) is 3.97. The van der Waals surface area contributed by atoms with Gasteiger partial charge in [0.25, 0.3) is 0 Å². The van der Waals surface area contributed by atoms with E-state index in [0.717, 1.165) is 22.2 Å². The lowest BCUT2D eigenvalue weighted by Crippen LogP contribution is -2.02. The first-order chi connectivity index (χ1) is 10.7. The van der Waals surface area contributed by atoms with Crippen molar-refractivity contribution < 1.29 is 9.53 Å². The molecule has 0 spiro atoms. The maximum Gasteiger partial charge on any atom is 0.308 e. The van der Waals surface area contributed by atoms with Crippen molar-refractivity contribution in [1.29, 1.82) is 0 Å². The van der Waals surface area contributed by atoms with E-state index in [1.165, 1.54) is 6.92 Å². The van der Waals surface area contributed by atoms with Crippen molar-refractivity contribution in [3.8, 4) is 5.75 Å². The van der Waals surface area contributed by atoms with Crippen molar-refractivity contribution in [2.24, 2.45) is 0 Å². The van der Waals surface area contributed by atoms with Gasteiger partial charge in [-0.25, -0.2) is 4.98 Å². The molecule has 0 saturated carbocycles. The second-order valence-corrected chi connectivity index (χ2v) is 4.90. The van der Waals surface area contributed by atoms with Crippen molar-refractivity contribution >= 4 is 29.0 Å². The number of pyridine rings is 1. The highest BCUT2D eigenvalue weighted by atomic mass is 16.5. The lowest BCUT2D eigenvalue weighted by Gasteiger charge is -2.07. The molecule has 0 saturated heterocycles. The first-order valence-electron chi connectivity index (χ1n) is 7.04. The first-order valence-corrected chi connectivity index (χ1v) is 7.04. The maximum atomic E-state index is 11.3. The molecule has 0 aliphatic carbocycles. The highest BCUT2D eigenvalue weighted by Gasteiger charge is 2.07. The highest BCUT2D eigenvalue weighted by Crippen LogP contribution is 2.26. The second kappa shape index (κ2) is 6.22. The smallest absolute Gasteiger partial charge is 0.308 e. The van der Waals surface area contributed by atoms with Crippen LogP contribution in [0.15, 0.2) is 60.7 Å². The number of carbonyl (C=O) groups excluding carboxylic acids is 1. The van der Waals surface area contributed by atoms with Crippen molar-refractivity contribution in [1.82, 2.24) is 4.98 Å². The SMILES string of the molecule is CC(=O)Oc1cc(C=Cc2ccccc2)nc2ccccc12. The number of nitrogens with zero attached hydrogens (tertiary/aromatic N) is 1. The fourth-order valence-electron chi connectivity index (χ4n) is 2.23. The Hall–Kier alpha value is -2.94. The highest BCUT2D eigenvalue weighted by molar-refractivity contribution is 5.89. The lowest BCUT2D eigenvalue weighted by atomic mass is 10.1. The van der Waals surface area contributed by atoms with Gasteiger partial charge in [-0.15, -0.1) is 0 Å². The molecule has 0 aliphatic heterocycles. The summed E-state index contributed by atoms with van der Waals surface area (Å²) in [5.74, 6) is 0.195. The number of esters is 1. The van der Waals surface area contributed by atoms with E-state index in [1.54, 1.807) is 6.07 Å². The number of ether oxygens (including phenoxy) is 1. The molecular formula is C19H15NO2. The summed E-state index contributed by atoms with van der Waals surface area (Å²) in [5, 5.41) is 0.828. The molecule has 1 heterocycles. The molecule has 0 N–H and O–H groups in total. The number of rotatable bonds is 3. The van der Waals surface area contributed by atoms with Crippen LogP contribution in [0.4, 0.5) is 0 Å². The molecule has 0 fully saturated rings. The second-order valence-electron chi connectivity index (χ2n) is 4.90. The number of para-hydroxylation sites is 1. The Morgan fingerprint density at radius 1 is 1.00 bits per heavy atom. The summed E-state index contributed by atoms with van der Waals surface area (Å²) < 4.78 is 5.31. The van der Waals surface area contributed by atoms with E-state index in [2.05, 4.69) is 4.98 Å². The Labute approximate surface area is 128 Å². The van der Waals surface area contributed by atoms with Crippen LogP contribution >= 0.6 is 0 Å². The standard InChI is InChI=1S/C19H15NO2/c1-14(21)22-19-13-16(12-11-15-7-3-2-4-8-15)20-18-10-6-5-9-17(18)19/h2-13H,1H3. The van der Waals surface area contributed by atoms with Crippen LogP contribution in [0, 0.1) is 0 Å². The van der Waals surface area contributed by atoms with E-state index >= 15 is 0 Å². The van der Waals surface area contributed by atoms with Crippen LogP contribution in [0.3, 0.4) is 0 Å². The van der Waals surface area contributed by atoms with Crippen LogP contribution in [0.1, 0.15) is 18.2 Å². The van der Waals surface area contributed by atoms with Crippen molar-refractivity contribution in [2.75, 3.05) is 0 Å². The van der Waals surface area contributed by atoms with E-state index in [1.807, 2.05) is 66.7 Å². The average molecular weight is 289 g/mol. The molecule has 0 amide bonds. The van der Waals surface area contributed by atoms with E-state index in [-0.39, 0.29) is 5.97 Å². The predicted molar refractivity (Wildman–Crippen MR) is 88.4 cm³/mol. The van der Waals surface area contributed by atoms with Gasteiger partial charge in [0.05, 0.1) is 11.2 Å². The third-order valence-corrected chi connectivity index (χ3v) is 3.20. The number of benzene rings is 2. The fourth-order valence-corrected chi connectivity index (χ4v) is 2.23. The maximum absolute atomic E-state index is 11.3. The molecule has 2 aromatic carbocycles. The third-order valence-electron chi connectivity index (χ3n) is 3.20. The number of aromatic nitrogens is 1. The molecule has 3 rings (SSSR count). The van der Waals surface area contributed by atoms with Crippen LogP contribution in [0.5, 0.6) is 5.75 Å². The molecule has 1 aromatic heterocycles. The van der Waals surface area contributed by atoms with E-state index < -0.39 is 0 Å². The van der Waals surface area contributed by atoms with Crippen molar-refractivity contribution in [3.63, 3.8) is 0 Å². The summed E-state index contributed by atoms with van der Waals surface area (Å²) in [6.07, 6.45) is 3.89. The zero-order valence-corrected chi connectivity index (χ0v) is 12.2. The molecule has 3 heteroatoms. The number of fused-ring (bicyclic) bond motifs is 1. The molecule has 108 valence electrons. The van der Waals surface area contributed by atoms with Gasteiger partial charge in [-0.1, -0.05) is 48.5 Å². The Balaban J connectivity index is 2.03. The molecule has 0 atom stereocenters. The van der Waals surface area contributed by atoms with Gasteiger partial charge in [-0.2, -0.15) is 0 Å². The van der Waals surface area contributed by atoms with Gasteiger partial charge >= 0.3 is 5.97 Å². The third kappa shape index (κ3) is 3.20. The molecule has 0 bridgehead atoms. The summed E-state index contributed by atoms with van der Waals surface area (Å²) in [6, 6.07) is 19.4. The summed E-state index contributed by atoms with van der Waals surface area (Å²) in [5.41, 5.74) is 2.64. The van der Waals surface area contributed by atoms with Crippen molar-refractivity contribution in [2.45, 2.75) is 6.92 Å². The molecule has 3 nitrogen and oxygen atoms in total. The number of hydrogen-bond acceptors (Lipinski definition) is 3. The Morgan fingerprint density at radius 2 is 1.73 bits per heavy atom. The van der Waals surface area contributed by atoms with Gasteiger partial charge in [0, 0.05) is 18.4 Å². The quantitative estimate of drug-likeness (QED) is 0.674. The minimum Gasteiger partial charge on any atom is -0.426 e. The van der Waals surface area contributed by atoms with Gasteiger partial charge in [0.1, 0.15) is 5.75 Å². The minimum atomic E-state index is -0.339. The van der Waals surface area contributed by atoms with Crippen LogP contribution in [-0.2, 0) is 4.79 Å². The van der Waals surface area contributed by atoms with Crippen LogP contribution in [0.2, 0.25) is 0 Å². The van der Waals surface area contributed by atoms with E-state index in [4.69, 9.17) is 4.74 Å². The summed E-state index contributed by atoms with van der Waals surface area (Å²) >= 11 is 0. The predicted octanol–water partition coefficient (Wildman–Crippen LogP) is 4.33. The summed E-state index contributed by atoms with van der Waals surface area (Å²) in [6.45, 7) is 1.40. The van der Waals surface area contributed by atoms with Gasteiger partial charge < -0.3 is 4.74 Å². The largest absolute Gasteiger partial charge is 0.426 e.